The van der Waals surface area contributed by atoms with E-state index in [0.717, 1.165) is 18.9 Å². The Labute approximate surface area is 97.7 Å². The Morgan fingerprint density at radius 1 is 1.29 bits per heavy atom. The van der Waals surface area contributed by atoms with Crippen molar-refractivity contribution in [2.75, 3.05) is 13.1 Å². The summed E-state index contributed by atoms with van der Waals surface area (Å²) in [5, 5.41) is 0. The number of nitrogens with one attached hydrogen (secondary N) is 2. The zero-order valence-electron chi connectivity index (χ0n) is 9.66. The molecule has 2 rings (SSSR count). The average Bonchev–Trinajstić information content (AvgIpc) is 2.28. The zero-order valence-corrected chi connectivity index (χ0v) is 9.66. The first-order valence-corrected chi connectivity index (χ1v) is 5.69. The molecular formula is C11H15N3O3. The standard InChI is InChI=1S/C11H15N3O3/c1-7-2-4-14(5-3-7)10(16)8-6-9(15)13-11(17)12-8/h6-7H,2-5H2,1H3,(H2,12,13,15,17). The molecule has 2 N–H and O–H groups in total. The molecule has 2 heterocycles. The number of likely N-dealkylation sites (tertiary alicyclic amines) is 1. The van der Waals surface area contributed by atoms with Crippen LogP contribution in [0, 0.1) is 5.92 Å². The minimum Gasteiger partial charge on any atom is -0.337 e. The monoisotopic (exact) mass is 237 g/mol. The number of amides is 1. The number of aromatic amines is 2. The lowest BCUT2D eigenvalue weighted by atomic mass is 9.99. The van der Waals surface area contributed by atoms with Crippen LogP contribution in [-0.2, 0) is 0 Å². The molecular weight excluding hydrogens is 222 g/mol. The van der Waals surface area contributed by atoms with Crippen molar-refractivity contribution in [2.24, 2.45) is 5.92 Å². The van der Waals surface area contributed by atoms with Crippen LogP contribution in [-0.4, -0.2) is 33.9 Å². The molecule has 92 valence electrons. The van der Waals surface area contributed by atoms with Crippen molar-refractivity contribution in [1.82, 2.24) is 14.9 Å². The van der Waals surface area contributed by atoms with Gasteiger partial charge in [-0.1, -0.05) is 6.92 Å². The van der Waals surface area contributed by atoms with Crippen molar-refractivity contribution in [3.8, 4) is 0 Å². The molecule has 6 heteroatoms. The Morgan fingerprint density at radius 2 is 1.94 bits per heavy atom. The van der Waals surface area contributed by atoms with E-state index in [2.05, 4.69) is 11.9 Å². The zero-order chi connectivity index (χ0) is 12.4. The second-order valence-electron chi connectivity index (χ2n) is 4.48. The van der Waals surface area contributed by atoms with Gasteiger partial charge >= 0.3 is 5.69 Å². The summed E-state index contributed by atoms with van der Waals surface area (Å²) in [5.41, 5.74) is -1.14. The molecule has 0 aromatic carbocycles. The van der Waals surface area contributed by atoms with Crippen molar-refractivity contribution in [2.45, 2.75) is 19.8 Å². The highest BCUT2D eigenvalue weighted by molar-refractivity contribution is 5.92. The first kappa shape index (κ1) is 11.6. The number of rotatable bonds is 1. The van der Waals surface area contributed by atoms with E-state index in [-0.39, 0.29) is 11.6 Å². The SMILES string of the molecule is CC1CCN(C(=O)c2cc(=O)[nH]c(=O)[nH]2)CC1. The first-order chi connectivity index (χ1) is 8.06. The summed E-state index contributed by atoms with van der Waals surface area (Å²) in [6.45, 7) is 3.50. The highest BCUT2D eigenvalue weighted by Crippen LogP contribution is 2.16. The maximum absolute atomic E-state index is 12.0. The normalized spacial score (nSPS) is 17.1. The van der Waals surface area contributed by atoms with E-state index in [4.69, 9.17) is 0 Å². The average molecular weight is 237 g/mol. The molecule has 1 saturated heterocycles. The molecule has 1 aromatic heterocycles. The summed E-state index contributed by atoms with van der Waals surface area (Å²) in [7, 11) is 0. The molecule has 1 aromatic rings. The molecule has 0 bridgehead atoms. The first-order valence-electron chi connectivity index (χ1n) is 5.69. The minimum atomic E-state index is -0.647. The van der Waals surface area contributed by atoms with Crippen LogP contribution in [0.2, 0.25) is 0 Å². The molecule has 6 nitrogen and oxygen atoms in total. The molecule has 0 radical (unpaired) electrons. The van der Waals surface area contributed by atoms with Crippen LogP contribution in [0.5, 0.6) is 0 Å². The largest absolute Gasteiger partial charge is 0.337 e. The Hall–Kier alpha value is -1.85. The number of hydrogen-bond donors (Lipinski definition) is 2. The van der Waals surface area contributed by atoms with Gasteiger partial charge in [-0.05, 0) is 18.8 Å². The Kier molecular flexibility index (Phi) is 3.12. The lowest BCUT2D eigenvalue weighted by molar-refractivity contribution is 0.0690. The summed E-state index contributed by atoms with van der Waals surface area (Å²) in [6, 6.07) is 1.13. The van der Waals surface area contributed by atoms with Gasteiger partial charge in [0.25, 0.3) is 11.5 Å². The molecule has 17 heavy (non-hydrogen) atoms. The van der Waals surface area contributed by atoms with E-state index >= 15 is 0 Å². The second kappa shape index (κ2) is 4.57. The van der Waals surface area contributed by atoms with Crippen molar-refractivity contribution in [3.63, 3.8) is 0 Å². The van der Waals surface area contributed by atoms with Crippen LogP contribution >= 0.6 is 0 Å². The molecule has 0 atom stereocenters. The lowest BCUT2D eigenvalue weighted by Crippen LogP contribution is -2.39. The molecule has 1 amide bonds. The highest BCUT2D eigenvalue weighted by atomic mass is 16.2. The fourth-order valence-electron chi connectivity index (χ4n) is 1.97. The Morgan fingerprint density at radius 3 is 2.53 bits per heavy atom. The summed E-state index contributed by atoms with van der Waals surface area (Å²) in [5.74, 6) is 0.345. The fraction of sp³-hybridized carbons (Fsp3) is 0.545. The third-order valence-corrected chi connectivity index (χ3v) is 3.06. The third-order valence-electron chi connectivity index (χ3n) is 3.06. The third kappa shape index (κ3) is 2.64. The van der Waals surface area contributed by atoms with E-state index in [0.29, 0.717) is 19.0 Å². The molecule has 0 saturated carbocycles. The minimum absolute atomic E-state index is 0.0632. The Balaban J connectivity index is 2.19. The number of aromatic nitrogens is 2. The van der Waals surface area contributed by atoms with Gasteiger partial charge in [-0.25, -0.2) is 4.79 Å². The quantitative estimate of drug-likeness (QED) is 0.717. The highest BCUT2D eigenvalue weighted by Gasteiger charge is 2.22. The van der Waals surface area contributed by atoms with Gasteiger partial charge in [0, 0.05) is 19.2 Å². The van der Waals surface area contributed by atoms with Crippen molar-refractivity contribution < 1.29 is 4.79 Å². The molecule has 1 aliphatic heterocycles. The van der Waals surface area contributed by atoms with Crippen LogP contribution in [0.15, 0.2) is 15.7 Å². The molecule has 0 spiro atoms. The number of nitrogens with zero attached hydrogens (tertiary/aromatic N) is 1. The van der Waals surface area contributed by atoms with Gasteiger partial charge in [0.15, 0.2) is 0 Å². The van der Waals surface area contributed by atoms with Crippen LogP contribution in [0.3, 0.4) is 0 Å². The molecule has 1 aliphatic rings. The predicted octanol–water partition coefficient (Wildman–Crippen LogP) is -0.0647. The predicted molar refractivity (Wildman–Crippen MR) is 62.0 cm³/mol. The van der Waals surface area contributed by atoms with Crippen LogP contribution < -0.4 is 11.2 Å². The van der Waals surface area contributed by atoms with Gasteiger partial charge < -0.3 is 9.88 Å². The number of hydrogen-bond acceptors (Lipinski definition) is 3. The smallest absolute Gasteiger partial charge is 0.326 e. The van der Waals surface area contributed by atoms with Gasteiger partial charge in [0.1, 0.15) is 5.69 Å². The van der Waals surface area contributed by atoms with Gasteiger partial charge in [-0.15, -0.1) is 0 Å². The van der Waals surface area contributed by atoms with Crippen molar-refractivity contribution in [1.29, 1.82) is 0 Å². The molecule has 0 unspecified atom stereocenters. The van der Waals surface area contributed by atoms with Gasteiger partial charge in [0.2, 0.25) is 0 Å². The van der Waals surface area contributed by atoms with Gasteiger partial charge in [-0.3, -0.25) is 14.6 Å². The number of carbonyl (C=O) groups is 1. The van der Waals surface area contributed by atoms with Crippen LogP contribution in [0.25, 0.3) is 0 Å². The van der Waals surface area contributed by atoms with Crippen LogP contribution in [0.4, 0.5) is 0 Å². The Bertz CT molecular complexity index is 495. The van der Waals surface area contributed by atoms with E-state index in [9.17, 15) is 14.4 Å². The van der Waals surface area contributed by atoms with Gasteiger partial charge in [-0.2, -0.15) is 0 Å². The number of carbonyl (C=O) groups excluding carboxylic acids is 1. The fourth-order valence-corrected chi connectivity index (χ4v) is 1.97. The van der Waals surface area contributed by atoms with E-state index in [1.807, 2.05) is 4.98 Å². The topological polar surface area (TPSA) is 86.0 Å². The van der Waals surface area contributed by atoms with E-state index in [1.54, 1.807) is 4.90 Å². The van der Waals surface area contributed by atoms with Crippen LogP contribution in [0.1, 0.15) is 30.3 Å². The summed E-state index contributed by atoms with van der Waals surface area (Å²) in [4.78, 5) is 40.2. The summed E-state index contributed by atoms with van der Waals surface area (Å²) < 4.78 is 0. The van der Waals surface area contributed by atoms with Crippen molar-refractivity contribution in [3.05, 3.63) is 32.6 Å². The molecule has 0 aliphatic carbocycles. The van der Waals surface area contributed by atoms with Gasteiger partial charge in [0.05, 0.1) is 0 Å². The van der Waals surface area contributed by atoms with E-state index < -0.39 is 11.2 Å². The molecule has 1 fully saturated rings. The maximum atomic E-state index is 12.0. The lowest BCUT2D eigenvalue weighted by Gasteiger charge is -2.30. The second-order valence-corrected chi connectivity index (χ2v) is 4.48. The van der Waals surface area contributed by atoms with Crippen molar-refractivity contribution >= 4 is 5.91 Å². The number of piperidine rings is 1. The maximum Gasteiger partial charge on any atom is 0.326 e. The summed E-state index contributed by atoms with van der Waals surface area (Å²) >= 11 is 0. The van der Waals surface area contributed by atoms with E-state index in [1.165, 1.54) is 0 Å². The summed E-state index contributed by atoms with van der Waals surface area (Å²) in [6.07, 6.45) is 1.92. The number of H-pyrrole nitrogens is 2.